The van der Waals surface area contributed by atoms with Crippen LogP contribution in [0.5, 0.6) is 0 Å². The van der Waals surface area contributed by atoms with E-state index in [1.54, 1.807) is 17.1 Å². The van der Waals surface area contributed by atoms with Gasteiger partial charge >= 0.3 is 5.97 Å². The first-order valence-electron chi connectivity index (χ1n) is 9.39. The zero-order valence-corrected chi connectivity index (χ0v) is 16.1. The van der Waals surface area contributed by atoms with Crippen molar-refractivity contribution >= 4 is 28.6 Å². The van der Waals surface area contributed by atoms with Gasteiger partial charge in [-0.15, -0.1) is 0 Å². The van der Waals surface area contributed by atoms with Crippen LogP contribution < -0.4 is 10.6 Å². The SMILES string of the molecule is CCn1ncc2c(NC3CCOC(=O)C3)c(-c3nc(CNC(C)=O)no3)cnc21. The molecule has 11 nitrogen and oxygen atoms in total. The molecule has 11 heteroatoms. The van der Waals surface area contributed by atoms with Crippen molar-refractivity contribution in [2.45, 2.75) is 45.8 Å². The molecule has 0 spiro atoms. The Balaban J connectivity index is 1.72. The lowest BCUT2D eigenvalue weighted by Crippen LogP contribution is -2.31. The van der Waals surface area contributed by atoms with E-state index in [9.17, 15) is 9.59 Å². The number of aryl methyl sites for hydroxylation is 1. The number of carbonyl (C=O) groups excluding carboxylic acids is 2. The minimum absolute atomic E-state index is 0.0904. The van der Waals surface area contributed by atoms with Crippen molar-refractivity contribution < 1.29 is 18.8 Å². The molecule has 1 aliphatic rings. The van der Waals surface area contributed by atoms with Gasteiger partial charge in [0.05, 0.1) is 42.4 Å². The van der Waals surface area contributed by atoms with Crippen LogP contribution in [0.1, 0.15) is 32.5 Å². The third-order valence-corrected chi connectivity index (χ3v) is 4.65. The molecular weight excluding hydrogens is 378 g/mol. The molecule has 0 aromatic carbocycles. The highest BCUT2D eigenvalue weighted by Gasteiger charge is 2.25. The van der Waals surface area contributed by atoms with Crippen molar-refractivity contribution in [2.24, 2.45) is 0 Å². The summed E-state index contributed by atoms with van der Waals surface area (Å²) >= 11 is 0. The van der Waals surface area contributed by atoms with Crippen molar-refractivity contribution in [3.63, 3.8) is 0 Å². The van der Waals surface area contributed by atoms with Gasteiger partial charge in [0.15, 0.2) is 11.5 Å². The van der Waals surface area contributed by atoms with E-state index in [0.717, 1.165) is 16.7 Å². The molecular formula is C18H21N7O4. The van der Waals surface area contributed by atoms with Crippen LogP contribution in [0.4, 0.5) is 5.69 Å². The number of carbonyl (C=O) groups is 2. The largest absolute Gasteiger partial charge is 0.466 e. The van der Waals surface area contributed by atoms with Gasteiger partial charge in [-0.2, -0.15) is 10.1 Å². The summed E-state index contributed by atoms with van der Waals surface area (Å²) in [5.74, 6) is 0.204. The van der Waals surface area contributed by atoms with Crippen molar-refractivity contribution in [1.29, 1.82) is 0 Å². The number of fused-ring (bicyclic) bond motifs is 1. The van der Waals surface area contributed by atoms with Gasteiger partial charge in [-0.3, -0.25) is 9.59 Å². The summed E-state index contributed by atoms with van der Waals surface area (Å²) in [6.45, 7) is 4.61. The van der Waals surface area contributed by atoms with Crippen LogP contribution >= 0.6 is 0 Å². The lowest BCUT2D eigenvalue weighted by molar-refractivity contribution is -0.147. The first-order valence-corrected chi connectivity index (χ1v) is 9.39. The summed E-state index contributed by atoms with van der Waals surface area (Å²) in [7, 11) is 0. The van der Waals surface area contributed by atoms with Crippen LogP contribution in [-0.4, -0.2) is 49.4 Å². The minimum Gasteiger partial charge on any atom is -0.466 e. The minimum atomic E-state index is -0.236. The number of cyclic esters (lactones) is 1. The van der Waals surface area contributed by atoms with Gasteiger partial charge in [-0.05, 0) is 6.92 Å². The first-order chi connectivity index (χ1) is 14.0. The maximum atomic E-state index is 11.7. The van der Waals surface area contributed by atoms with E-state index in [2.05, 4.69) is 30.9 Å². The second-order valence-corrected chi connectivity index (χ2v) is 6.72. The lowest BCUT2D eigenvalue weighted by atomic mass is 10.1. The van der Waals surface area contributed by atoms with Gasteiger partial charge in [0.1, 0.15) is 0 Å². The van der Waals surface area contributed by atoms with E-state index in [0.29, 0.717) is 31.0 Å². The van der Waals surface area contributed by atoms with Gasteiger partial charge in [0.2, 0.25) is 5.91 Å². The molecule has 1 fully saturated rings. The summed E-state index contributed by atoms with van der Waals surface area (Å²) in [5, 5.41) is 15.1. The molecule has 29 heavy (non-hydrogen) atoms. The highest BCUT2D eigenvalue weighted by atomic mass is 16.5. The molecule has 0 saturated carbocycles. The van der Waals surface area contributed by atoms with Crippen molar-refractivity contribution in [3.05, 3.63) is 18.2 Å². The number of esters is 1. The molecule has 0 bridgehead atoms. The molecule has 0 aliphatic carbocycles. The quantitative estimate of drug-likeness (QED) is 0.587. The Labute approximate surface area is 165 Å². The molecule has 152 valence electrons. The van der Waals surface area contributed by atoms with Gasteiger partial charge < -0.3 is 19.9 Å². The topological polar surface area (TPSA) is 137 Å². The third kappa shape index (κ3) is 3.89. The molecule has 0 radical (unpaired) electrons. The van der Waals surface area contributed by atoms with Gasteiger partial charge in [-0.25, -0.2) is 9.67 Å². The fourth-order valence-electron chi connectivity index (χ4n) is 3.22. The van der Waals surface area contributed by atoms with E-state index in [1.165, 1.54) is 6.92 Å². The average molecular weight is 399 g/mol. The maximum Gasteiger partial charge on any atom is 0.307 e. The summed E-state index contributed by atoms with van der Waals surface area (Å²) < 4.78 is 12.2. The molecule has 4 heterocycles. The van der Waals surface area contributed by atoms with Gasteiger partial charge in [-0.1, -0.05) is 5.16 Å². The number of ether oxygens (including phenoxy) is 1. The van der Waals surface area contributed by atoms with E-state index >= 15 is 0 Å². The van der Waals surface area contributed by atoms with E-state index in [-0.39, 0.29) is 36.8 Å². The fraction of sp³-hybridized carbons (Fsp3) is 0.444. The summed E-state index contributed by atoms with van der Waals surface area (Å²) in [4.78, 5) is 31.7. The number of amides is 1. The Morgan fingerprint density at radius 1 is 1.38 bits per heavy atom. The van der Waals surface area contributed by atoms with Gasteiger partial charge in [0.25, 0.3) is 5.89 Å². The first kappa shape index (κ1) is 18.8. The zero-order chi connectivity index (χ0) is 20.4. The number of anilines is 1. The van der Waals surface area contributed by atoms with Crippen LogP contribution in [0.3, 0.4) is 0 Å². The Kier molecular flexibility index (Phi) is 5.10. The molecule has 2 N–H and O–H groups in total. The van der Waals surface area contributed by atoms with Crippen molar-refractivity contribution in [1.82, 2.24) is 30.2 Å². The predicted octanol–water partition coefficient (Wildman–Crippen LogP) is 1.25. The molecule has 1 unspecified atom stereocenters. The summed E-state index contributed by atoms with van der Waals surface area (Å²) in [5.41, 5.74) is 2.05. The fourth-order valence-corrected chi connectivity index (χ4v) is 3.22. The summed E-state index contributed by atoms with van der Waals surface area (Å²) in [6, 6.07) is -0.0904. The molecule has 1 amide bonds. The molecule has 3 aromatic heterocycles. The Hall–Kier alpha value is -3.50. The van der Waals surface area contributed by atoms with Crippen LogP contribution in [-0.2, 0) is 27.4 Å². The number of rotatable bonds is 6. The molecule has 1 saturated heterocycles. The number of hydrogen-bond donors (Lipinski definition) is 2. The monoisotopic (exact) mass is 399 g/mol. The predicted molar refractivity (Wildman–Crippen MR) is 102 cm³/mol. The third-order valence-electron chi connectivity index (χ3n) is 4.65. The van der Waals surface area contributed by atoms with Crippen molar-refractivity contribution in [2.75, 3.05) is 11.9 Å². The standard InChI is InChI=1S/C18H21N7O4/c1-3-25-17-12(8-21-25)16(22-11-4-5-28-15(27)6-11)13(7-20-17)18-23-14(24-29-18)9-19-10(2)26/h7-8,11H,3-6,9H2,1-2H3,(H,19,26)(H,20,22). The number of nitrogens with zero attached hydrogens (tertiary/aromatic N) is 5. The number of hydrogen-bond acceptors (Lipinski definition) is 9. The normalized spacial score (nSPS) is 16.6. The van der Waals surface area contributed by atoms with Crippen LogP contribution in [0.25, 0.3) is 22.5 Å². The highest BCUT2D eigenvalue weighted by molar-refractivity contribution is 5.96. The maximum absolute atomic E-state index is 11.7. The second kappa shape index (κ2) is 7.86. The van der Waals surface area contributed by atoms with Crippen LogP contribution in [0.15, 0.2) is 16.9 Å². The Morgan fingerprint density at radius 2 is 2.24 bits per heavy atom. The number of pyridine rings is 1. The smallest absolute Gasteiger partial charge is 0.307 e. The van der Waals surface area contributed by atoms with Gasteiger partial charge in [0, 0.05) is 32.1 Å². The lowest BCUT2D eigenvalue weighted by Gasteiger charge is -2.24. The summed E-state index contributed by atoms with van der Waals surface area (Å²) in [6.07, 6.45) is 4.33. The van der Waals surface area contributed by atoms with E-state index in [4.69, 9.17) is 9.26 Å². The second-order valence-electron chi connectivity index (χ2n) is 6.72. The Morgan fingerprint density at radius 3 is 3.00 bits per heavy atom. The number of nitrogens with one attached hydrogen (secondary N) is 2. The molecule has 1 aliphatic heterocycles. The van der Waals surface area contributed by atoms with Crippen LogP contribution in [0.2, 0.25) is 0 Å². The Bertz CT molecular complexity index is 1060. The van der Waals surface area contributed by atoms with Crippen molar-refractivity contribution in [3.8, 4) is 11.5 Å². The molecule has 1 atom stereocenters. The molecule has 4 rings (SSSR count). The van der Waals surface area contributed by atoms with E-state index in [1.807, 2.05) is 6.92 Å². The average Bonchev–Trinajstić information content (AvgIpc) is 3.33. The van der Waals surface area contributed by atoms with E-state index < -0.39 is 0 Å². The highest BCUT2D eigenvalue weighted by Crippen LogP contribution is 2.34. The zero-order valence-electron chi connectivity index (χ0n) is 16.1. The number of aromatic nitrogens is 5. The van der Waals surface area contributed by atoms with Crippen LogP contribution in [0, 0.1) is 0 Å². The molecule has 3 aromatic rings.